The first-order valence-electron chi connectivity index (χ1n) is 8.46. The smallest absolute Gasteiger partial charge is 0.260 e. The van der Waals surface area contributed by atoms with E-state index in [1.54, 1.807) is 13.0 Å². The Kier molecular flexibility index (Phi) is 5.36. The molecule has 2 amide bonds. The monoisotopic (exact) mass is 375 g/mol. The zero-order chi connectivity index (χ0) is 19.6. The SMILES string of the molecule is CNC(=O)[C@@H]1CN(C(=O)c2ccc(C)[nH]c2=O)C[C@H]1c1nc(COC)no1. The molecule has 3 heterocycles. The van der Waals surface area contributed by atoms with E-state index in [1.165, 1.54) is 25.1 Å². The summed E-state index contributed by atoms with van der Waals surface area (Å²) >= 11 is 0. The van der Waals surface area contributed by atoms with E-state index in [0.717, 1.165) is 0 Å². The molecule has 10 nitrogen and oxygen atoms in total. The number of pyridine rings is 1. The van der Waals surface area contributed by atoms with Crippen molar-refractivity contribution in [2.24, 2.45) is 5.92 Å². The van der Waals surface area contributed by atoms with Gasteiger partial charge in [0.05, 0.1) is 11.8 Å². The Bertz CT molecular complexity index is 905. The van der Waals surface area contributed by atoms with Crippen LogP contribution in [0.1, 0.15) is 33.7 Å². The summed E-state index contributed by atoms with van der Waals surface area (Å²) in [6, 6.07) is 3.15. The van der Waals surface area contributed by atoms with Crippen molar-refractivity contribution in [1.29, 1.82) is 0 Å². The number of ether oxygens (including phenoxy) is 1. The lowest BCUT2D eigenvalue weighted by molar-refractivity contribution is -0.124. The fraction of sp³-hybridized carbons (Fsp3) is 0.471. The molecule has 0 spiro atoms. The fourth-order valence-electron chi connectivity index (χ4n) is 3.19. The number of aromatic nitrogens is 3. The van der Waals surface area contributed by atoms with Crippen molar-refractivity contribution in [2.45, 2.75) is 19.4 Å². The van der Waals surface area contributed by atoms with E-state index in [0.29, 0.717) is 11.5 Å². The lowest BCUT2D eigenvalue weighted by atomic mass is 9.95. The Balaban J connectivity index is 1.87. The molecular weight excluding hydrogens is 354 g/mol. The van der Waals surface area contributed by atoms with Crippen molar-refractivity contribution >= 4 is 11.8 Å². The molecular formula is C17H21N5O5. The average Bonchev–Trinajstić information content (AvgIpc) is 3.27. The van der Waals surface area contributed by atoms with Gasteiger partial charge in [0.2, 0.25) is 11.8 Å². The van der Waals surface area contributed by atoms with Gasteiger partial charge in [-0.1, -0.05) is 5.16 Å². The minimum absolute atomic E-state index is 0.0301. The Labute approximate surface area is 154 Å². The summed E-state index contributed by atoms with van der Waals surface area (Å²) in [5.41, 5.74) is 0.234. The second-order valence-corrected chi connectivity index (χ2v) is 6.40. The second-order valence-electron chi connectivity index (χ2n) is 6.40. The quantitative estimate of drug-likeness (QED) is 0.741. The number of nitrogens with zero attached hydrogens (tertiary/aromatic N) is 3. The third kappa shape index (κ3) is 3.75. The fourth-order valence-corrected chi connectivity index (χ4v) is 3.19. The minimum atomic E-state index is -0.556. The third-order valence-electron chi connectivity index (χ3n) is 4.55. The molecule has 0 saturated carbocycles. The molecule has 3 rings (SSSR count). The van der Waals surface area contributed by atoms with Gasteiger partial charge in [-0.25, -0.2) is 0 Å². The van der Waals surface area contributed by atoms with Gasteiger partial charge in [-0.3, -0.25) is 14.4 Å². The van der Waals surface area contributed by atoms with E-state index >= 15 is 0 Å². The Morgan fingerprint density at radius 2 is 2.19 bits per heavy atom. The molecule has 2 atom stereocenters. The Morgan fingerprint density at radius 3 is 2.85 bits per heavy atom. The summed E-state index contributed by atoms with van der Waals surface area (Å²) in [5, 5.41) is 6.42. The normalized spacial score (nSPS) is 19.3. The number of hydrogen-bond acceptors (Lipinski definition) is 7. The number of aromatic amines is 1. The van der Waals surface area contributed by atoms with Gasteiger partial charge in [0.1, 0.15) is 12.2 Å². The number of carbonyl (C=O) groups excluding carboxylic acids is 2. The highest BCUT2D eigenvalue weighted by molar-refractivity contribution is 5.95. The number of amides is 2. The van der Waals surface area contributed by atoms with Gasteiger partial charge in [-0.05, 0) is 19.1 Å². The molecule has 2 aromatic heterocycles. The van der Waals surface area contributed by atoms with Crippen molar-refractivity contribution < 1.29 is 18.8 Å². The zero-order valence-electron chi connectivity index (χ0n) is 15.3. The van der Waals surface area contributed by atoms with Gasteiger partial charge in [0.15, 0.2) is 5.82 Å². The first-order valence-corrected chi connectivity index (χ1v) is 8.46. The summed E-state index contributed by atoms with van der Waals surface area (Å²) in [4.78, 5) is 45.6. The highest BCUT2D eigenvalue weighted by Crippen LogP contribution is 2.32. The van der Waals surface area contributed by atoms with Crippen molar-refractivity contribution in [3.63, 3.8) is 0 Å². The molecule has 0 bridgehead atoms. The molecule has 0 aliphatic carbocycles. The van der Waals surface area contributed by atoms with Crippen LogP contribution in [0.4, 0.5) is 0 Å². The summed E-state index contributed by atoms with van der Waals surface area (Å²) in [5.74, 6) is -1.06. The number of H-pyrrole nitrogens is 1. The number of methoxy groups -OCH3 is 1. The Hall–Kier alpha value is -3.01. The van der Waals surface area contributed by atoms with Gasteiger partial charge >= 0.3 is 0 Å². The van der Waals surface area contributed by atoms with Crippen LogP contribution in [0.5, 0.6) is 0 Å². The maximum Gasteiger partial charge on any atom is 0.260 e. The molecule has 0 radical (unpaired) electrons. The molecule has 1 saturated heterocycles. The molecule has 1 fully saturated rings. The van der Waals surface area contributed by atoms with Crippen LogP contribution in [0.2, 0.25) is 0 Å². The van der Waals surface area contributed by atoms with Gasteiger partial charge < -0.3 is 24.5 Å². The number of rotatable bonds is 5. The zero-order valence-corrected chi connectivity index (χ0v) is 15.3. The third-order valence-corrected chi connectivity index (χ3v) is 4.55. The lowest BCUT2D eigenvalue weighted by Crippen LogP contribution is -2.35. The molecule has 2 N–H and O–H groups in total. The van der Waals surface area contributed by atoms with Gasteiger partial charge in [0.25, 0.3) is 11.5 Å². The standard InChI is InChI=1S/C17H21N5O5/c1-9-4-5-10(15(24)19-9)17(25)22-6-11(14(23)18-2)12(7-22)16-20-13(8-26-3)21-27-16/h4-5,11-12H,6-8H2,1-3H3,(H,18,23)(H,19,24)/t11-,12-/m1/s1. The molecule has 0 unspecified atom stereocenters. The number of carbonyl (C=O) groups is 2. The van der Waals surface area contributed by atoms with Crippen LogP contribution in [0.3, 0.4) is 0 Å². The molecule has 144 valence electrons. The van der Waals surface area contributed by atoms with E-state index in [-0.39, 0.29) is 37.1 Å². The van der Waals surface area contributed by atoms with Crippen LogP contribution in [0, 0.1) is 12.8 Å². The number of nitrogens with one attached hydrogen (secondary N) is 2. The molecule has 2 aromatic rings. The maximum absolute atomic E-state index is 12.8. The van der Waals surface area contributed by atoms with E-state index in [1.807, 2.05) is 0 Å². The molecule has 27 heavy (non-hydrogen) atoms. The summed E-state index contributed by atoms with van der Waals surface area (Å²) in [7, 11) is 3.04. The van der Waals surface area contributed by atoms with Crippen molar-refractivity contribution in [3.05, 3.63) is 45.5 Å². The van der Waals surface area contributed by atoms with E-state index in [9.17, 15) is 14.4 Å². The van der Waals surface area contributed by atoms with Crippen LogP contribution in [-0.2, 0) is 16.1 Å². The van der Waals surface area contributed by atoms with Crippen molar-refractivity contribution in [1.82, 2.24) is 25.3 Å². The number of hydrogen-bond donors (Lipinski definition) is 2. The first-order chi connectivity index (χ1) is 12.9. The van der Waals surface area contributed by atoms with Crippen molar-refractivity contribution in [2.75, 3.05) is 27.2 Å². The first kappa shape index (κ1) is 18.8. The number of aryl methyl sites for hydroxylation is 1. The van der Waals surface area contributed by atoms with Gasteiger partial charge in [0, 0.05) is 32.9 Å². The van der Waals surface area contributed by atoms with Crippen LogP contribution < -0.4 is 10.9 Å². The highest BCUT2D eigenvalue weighted by Gasteiger charge is 2.43. The molecule has 10 heteroatoms. The van der Waals surface area contributed by atoms with E-state index in [4.69, 9.17) is 9.26 Å². The summed E-state index contributed by atoms with van der Waals surface area (Å²) in [6.07, 6.45) is 0. The van der Waals surface area contributed by atoms with Crippen molar-refractivity contribution in [3.8, 4) is 0 Å². The Morgan fingerprint density at radius 1 is 1.41 bits per heavy atom. The predicted molar refractivity (Wildman–Crippen MR) is 93.0 cm³/mol. The largest absolute Gasteiger partial charge is 0.377 e. The van der Waals surface area contributed by atoms with Crippen LogP contribution in [-0.4, -0.2) is 59.1 Å². The molecule has 1 aliphatic rings. The van der Waals surface area contributed by atoms with Gasteiger partial charge in [-0.2, -0.15) is 4.98 Å². The van der Waals surface area contributed by atoms with E-state index in [2.05, 4.69) is 20.4 Å². The minimum Gasteiger partial charge on any atom is -0.377 e. The average molecular weight is 375 g/mol. The summed E-state index contributed by atoms with van der Waals surface area (Å²) < 4.78 is 10.2. The van der Waals surface area contributed by atoms with E-state index < -0.39 is 23.3 Å². The second kappa shape index (κ2) is 7.70. The van der Waals surface area contributed by atoms with Crippen LogP contribution in [0.15, 0.2) is 21.5 Å². The molecule has 0 aromatic carbocycles. The van der Waals surface area contributed by atoms with Gasteiger partial charge in [-0.15, -0.1) is 0 Å². The van der Waals surface area contributed by atoms with Crippen LogP contribution in [0.25, 0.3) is 0 Å². The maximum atomic E-state index is 12.8. The summed E-state index contributed by atoms with van der Waals surface area (Å²) in [6.45, 7) is 2.26. The molecule has 1 aliphatic heterocycles. The van der Waals surface area contributed by atoms with Crippen LogP contribution >= 0.6 is 0 Å². The predicted octanol–water partition coefficient (Wildman–Crippen LogP) is -0.185. The lowest BCUT2D eigenvalue weighted by Gasteiger charge is -2.15. The number of likely N-dealkylation sites (tertiary alicyclic amines) is 1. The topological polar surface area (TPSA) is 130 Å². The highest BCUT2D eigenvalue weighted by atomic mass is 16.5.